The number of carbonyl (C=O) groups is 3. The third-order valence-corrected chi connectivity index (χ3v) is 6.54. The van der Waals surface area contributed by atoms with Gasteiger partial charge in [-0.1, -0.05) is 30.4 Å². The van der Waals surface area contributed by atoms with E-state index in [9.17, 15) is 27.6 Å². The third kappa shape index (κ3) is 11.1. The van der Waals surface area contributed by atoms with Crippen molar-refractivity contribution in [1.82, 2.24) is 25.3 Å². The summed E-state index contributed by atoms with van der Waals surface area (Å²) in [6, 6.07) is 8.55. The van der Waals surface area contributed by atoms with Crippen molar-refractivity contribution < 1.29 is 32.3 Å². The molecule has 0 spiro atoms. The first-order valence-corrected chi connectivity index (χ1v) is 13.7. The molecule has 15 heteroatoms. The molecule has 220 valence electrons. The molecule has 0 bridgehead atoms. The first-order valence-electron chi connectivity index (χ1n) is 12.9. The van der Waals surface area contributed by atoms with Crippen LogP contribution < -0.4 is 15.4 Å². The maximum absolute atomic E-state index is 12.4. The quantitative estimate of drug-likeness (QED) is 0.266. The van der Waals surface area contributed by atoms with Crippen molar-refractivity contribution >= 4 is 40.0 Å². The van der Waals surface area contributed by atoms with Crippen molar-refractivity contribution in [3.63, 3.8) is 0 Å². The van der Waals surface area contributed by atoms with Crippen LogP contribution in [-0.4, -0.2) is 62.5 Å². The molecular weight excluding hydrogens is 563 g/mol. The van der Waals surface area contributed by atoms with Gasteiger partial charge in [0.1, 0.15) is 10.8 Å². The highest BCUT2D eigenvalue weighted by Crippen LogP contribution is 2.23. The van der Waals surface area contributed by atoms with E-state index in [1.54, 1.807) is 19.1 Å². The maximum atomic E-state index is 12.4. The van der Waals surface area contributed by atoms with Crippen LogP contribution in [0.1, 0.15) is 49.4 Å². The zero-order chi connectivity index (χ0) is 29.8. The Morgan fingerprint density at radius 3 is 2.41 bits per heavy atom. The van der Waals surface area contributed by atoms with Crippen LogP contribution in [0.25, 0.3) is 0 Å². The van der Waals surface area contributed by atoms with Gasteiger partial charge >= 0.3 is 6.36 Å². The van der Waals surface area contributed by atoms with Crippen molar-refractivity contribution in [2.24, 2.45) is 0 Å². The molecule has 2 heterocycles. The van der Waals surface area contributed by atoms with Gasteiger partial charge in [-0.25, -0.2) is 0 Å². The molecule has 0 aliphatic carbocycles. The van der Waals surface area contributed by atoms with Crippen LogP contribution in [0.3, 0.4) is 0 Å². The number of nitrogens with zero attached hydrogens (tertiary/aromatic N) is 5. The molecule has 0 unspecified atom stereocenters. The first-order chi connectivity index (χ1) is 19.5. The lowest BCUT2D eigenvalue weighted by Gasteiger charge is -2.18. The molecule has 11 nitrogen and oxygen atoms in total. The number of hydrogen-bond donors (Lipinski definition) is 2. The van der Waals surface area contributed by atoms with Crippen LogP contribution in [0.15, 0.2) is 36.4 Å². The molecule has 0 radical (unpaired) electrons. The van der Waals surface area contributed by atoms with Crippen molar-refractivity contribution in [2.45, 2.75) is 58.7 Å². The molecule has 0 aliphatic rings. The lowest BCUT2D eigenvalue weighted by atomic mass is 10.1. The maximum Gasteiger partial charge on any atom is 0.573 e. The van der Waals surface area contributed by atoms with Gasteiger partial charge in [0, 0.05) is 19.4 Å². The van der Waals surface area contributed by atoms with Crippen LogP contribution in [0, 0.1) is 0 Å². The highest BCUT2D eigenvalue weighted by Gasteiger charge is 2.31. The fraction of sp³-hybridized carbons (Fsp3) is 0.423. The number of rotatable bonds is 14. The molecule has 41 heavy (non-hydrogen) atoms. The molecule has 0 fully saturated rings. The minimum absolute atomic E-state index is 0.0315. The number of halogens is 3. The van der Waals surface area contributed by atoms with E-state index in [0.717, 1.165) is 35.7 Å². The summed E-state index contributed by atoms with van der Waals surface area (Å²) in [6.07, 6.45) is -1.73. The molecular formula is C26H30F3N7O4S. The van der Waals surface area contributed by atoms with Gasteiger partial charge in [0.25, 0.3) is 0 Å². The van der Waals surface area contributed by atoms with E-state index in [0.29, 0.717) is 36.5 Å². The summed E-state index contributed by atoms with van der Waals surface area (Å²) < 4.78 is 41.1. The van der Waals surface area contributed by atoms with Crippen LogP contribution in [0.5, 0.6) is 5.75 Å². The lowest BCUT2D eigenvalue weighted by molar-refractivity contribution is -0.274. The van der Waals surface area contributed by atoms with E-state index in [1.807, 2.05) is 6.92 Å². The molecule has 1 aromatic carbocycles. The fourth-order valence-electron chi connectivity index (χ4n) is 3.70. The molecule has 2 aromatic heterocycles. The summed E-state index contributed by atoms with van der Waals surface area (Å²) in [6.45, 7) is 3.98. The number of aromatic nitrogens is 4. The average molecular weight is 594 g/mol. The van der Waals surface area contributed by atoms with Gasteiger partial charge in [-0.15, -0.1) is 28.5 Å². The number of carbonyl (C=O) groups excluding carboxylic acids is 3. The van der Waals surface area contributed by atoms with Crippen LogP contribution in [0.2, 0.25) is 0 Å². The van der Waals surface area contributed by atoms with Crippen molar-refractivity contribution in [1.29, 1.82) is 0 Å². The molecule has 3 amide bonds. The van der Waals surface area contributed by atoms with Gasteiger partial charge in [-0.2, -0.15) is 5.10 Å². The normalized spacial score (nSPS) is 11.1. The zero-order valence-electron chi connectivity index (χ0n) is 22.5. The number of unbranched alkanes of at least 4 members (excludes halogenated alkanes) is 1. The monoisotopic (exact) mass is 593 g/mol. The van der Waals surface area contributed by atoms with E-state index in [1.165, 1.54) is 28.4 Å². The minimum atomic E-state index is -4.81. The highest BCUT2D eigenvalue weighted by molar-refractivity contribution is 7.15. The van der Waals surface area contributed by atoms with Gasteiger partial charge in [0.2, 0.25) is 22.9 Å². The van der Waals surface area contributed by atoms with Crippen LogP contribution in [0.4, 0.5) is 24.1 Å². The smallest absolute Gasteiger partial charge is 0.406 e. The lowest BCUT2D eigenvalue weighted by Crippen LogP contribution is -2.37. The summed E-state index contributed by atoms with van der Waals surface area (Å²) in [5.41, 5.74) is 1.08. The molecule has 0 aliphatic heterocycles. The largest absolute Gasteiger partial charge is 0.573 e. The number of amides is 3. The number of aryl methyl sites for hydroxylation is 2. The number of benzene rings is 1. The van der Waals surface area contributed by atoms with Crippen molar-refractivity contribution in [3.05, 3.63) is 52.7 Å². The Kier molecular flexibility index (Phi) is 11.5. The molecule has 3 aromatic rings. The number of likely N-dealkylation sites (N-methyl/N-ethyl adjacent to an activating group) is 1. The Balaban J connectivity index is 1.38. The predicted molar refractivity (Wildman–Crippen MR) is 145 cm³/mol. The molecule has 3 rings (SSSR count). The Labute approximate surface area is 238 Å². The summed E-state index contributed by atoms with van der Waals surface area (Å²) >= 11 is 1.28. The van der Waals surface area contributed by atoms with Gasteiger partial charge in [0.05, 0.1) is 18.7 Å². The van der Waals surface area contributed by atoms with E-state index in [2.05, 4.69) is 35.8 Å². The molecule has 0 saturated heterocycles. The number of alkyl halides is 3. The van der Waals surface area contributed by atoms with Crippen molar-refractivity contribution in [2.75, 3.05) is 23.7 Å². The highest BCUT2D eigenvalue weighted by atomic mass is 32.1. The number of ether oxygens (including phenoxy) is 1. The Hall–Kier alpha value is -4.14. The number of anilines is 2. The topological polar surface area (TPSA) is 139 Å². The van der Waals surface area contributed by atoms with Gasteiger partial charge in [-0.05, 0) is 56.0 Å². The van der Waals surface area contributed by atoms with Gasteiger partial charge < -0.3 is 15.0 Å². The number of hydrogen-bond acceptors (Lipinski definition) is 9. The second-order valence-corrected chi connectivity index (χ2v) is 9.91. The van der Waals surface area contributed by atoms with Crippen molar-refractivity contribution in [3.8, 4) is 5.75 Å². The third-order valence-electron chi connectivity index (χ3n) is 5.64. The van der Waals surface area contributed by atoms with Crippen LogP contribution in [-0.2, 0) is 33.6 Å². The molecule has 2 N–H and O–H groups in total. The van der Waals surface area contributed by atoms with Gasteiger partial charge in [0.15, 0.2) is 5.82 Å². The summed E-state index contributed by atoms with van der Waals surface area (Å²) in [4.78, 5) is 37.8. The van der Waals surface area contributed by atoms with E-state index < -0.39 is 18.0 Å². The second-order valence-electron chi connectivity index (χ2n) is 8.85. The number of nitrogens with one attached hydrogen (secondary N) is 2. The summed E-state index contributed by atoms with van der Waals surface area (Å²) in [7, 11) is 0. The van der Waals surface area contributed by atoms with Gasteiger partial charge in [-0.3, -0.25) is 19.7 Å². The fourth-order valence-corrected chi connectivity index (χ4v) is 4.50. The molecule has 0 atom stereocenters. The zero-order valence-corrected chi connectivity index (χ0v) is 23.3. The van der Waals surface area contributed by atoms with E-state index in [-0.39, 0.29) is 30.6 Å². The average Bonchev–Trinajstić information content (AvgIpc) is 3.36. The van der Waals surface area contributed by atoms with E-state index >= 15 is 0 Å². The molecule has 0 saturated carbocycles. The minimum Gasteiger partial charge on any atom is -0.406 e. The standard InChI is InChI=1S/C26H30F3N7O4S/c1-3-24(39)36(4-2)16-22(38)31-25-35-34-23(41-25)11-6-5-9-18-12-13-20(33-32-18)30-21(37)15-17-8-7-10-19(14-17)40-26(27,28)29/h7-8,10,12-14H,3-6,9,11,15-16H2,1-2H3,(H,30,33,37)(H,31,35,38). The SMILES string of the molecule is CCC(=O)N(CC)CC(=O)Nc1nnc(CCCCc2ccc(NC(=O)Cc3cccc(OC(F)(F)F)c3)nn2)s1. The second kappa shape index (κ2) is 15.0. The van der Waals surface area contributed by atoms with Crippen LogP contribution >= 0.6 is 11.3 Å². The Morgan fingerprint density at radius 2 is 1.73 bits per heavy atom. The first kappa shape index (κ1) is 31.4. The Morgan fingerprint density at radius 1 is 0.951 bits per heavy atom. The summed E-state index contributed by atoms with van der Waals surface area (Å²) in [5.74, 6) is -1.04. The summed E-state index contributed by atoms with van der Waals surface area (Å²) in [5, 5.41) is 22.6. The van der Waals surface area contributed by atoms with E-state index in [4.69, 9.17) is 0 Å². The Bertz CT molecular complexity index is 1320. The predicted octanol–water partition coefficient (Wildman–Crippen LogP) is 4.17.